The summed E-state index contributed by atoms with van der Waals surface area (Å²) in [4.78, 5) is 33.6. The molecule has 178 valence electrons. The first-order valence-electron chi connectivity index (χ1n) is 10.1. The van der Waals surface area contributed by atoms with Gasteiger partial charge in [0.15, 0.2) is 0 Å². The summed E-state index contributed by atoms with van der Waals surface area (Å²) in [5, 5.41) is 14.0. The number of aliphatic carboxylic acids is 1. The molecule has 0 saturated carbocycles. The number of oxime groups is 1. The van der Waals surface area contributed by atoms with E-state index in [4.69, 9.17) is 14.7 Å². The normalized spacial score (nSPS) is 13.3. The van der Waals surface area contributed by atoms with Gasteiger partial charge in [-0.05, 0) is 30.7 Å². The molecule has 0 spiro atoms. The number of halogens is 3. The predicted octanol–water partition coefficient (Wildman–Crippen LogP) is 4.03. The van der Waals surface area contributed by atoms with Gasteiger partial charge >= 0.3 is 12.1 Å². The maximum Gasteiger partial charge on any atom is 0.490 e. The fourth-order valence-corrected chi connectivity index (χ4v) is 3.28. The minimum atomic E-state index is -5.08. The van der Waals surface area contributed by atoms with E-state index in [0.717, 1.165) is 51.5 Å². The molecule has 0 aliphatic carbocycles. The molecule has 0 radical (unpaired) electrons. The number of hydrogen-bond acceptors (Lipinski definition) is 5. The minimum Gasteiger partial charge on any atom is -0.475 e. The van der Waals surface area contributed by atoms with Crippen molar-refractivity contribution in [1.82, 2.24) is 15.3 Å². The lowest BCUT2D eigenvalue weighted by molar-refractivity contribution is -0.192. The number of aromatic nitrogens is 2. The smallest absolute Gasteiger partial charge is 0.475 e. The monoisotopic (exact) mass is 474 g/mol. The first kappa shape index (κ1) is 24.5. The number of hydrogen-bond donors (Lipinski definition) is 3. The number of nitrogens with zero attached hydrogens (tertiary/aromatic N) is 2. The van der Waals surface area contributed by atoms with Crippen molar-refractivity contribution < 1.29 is 32.7 Å². The van der Waals surface area contributed by atoms with E-state index in [0.29, 0.717) is 6.54 Å². The van der Waals surface area contributed by atoms with Crippen molar-refractivity contribution in [2.75, 3.05) is 13.7 Å². The third-order valence-electron chi connectivity index (χ3n) is 4.94. The lowest BCUT2D eigenvalue weighted by atomic mass is 10.0. The number of carboxylic acids is 1. The summed E-state index contributed by atoms with van der Waals surface area (Å²) in [6, 6.07) is 13.9. The zero-order chi connectivity index (χ0) is 24.9. The van der Waals surface area contributed by atoms with E-state index in [-0.39, 0.29) is 5.91 Å². The van der Waals surface area contributed by atoms with E-state index in [9.17, 15) is 18.0 Å². The molecule has 2 aromatic heterocycles. The van der Waals surface area contributed by atoms with Crippen molar-refractivity contribution in [2.45, 2.75) is 19.5 Å². The molecule has 11 heteroatoms. The van der Waals surface area contributed by atoms with Crippen LogP contribution < -0.4 is 5.32 Å². The molecular formula is C23H21F3N4O4. The Morgan fingerprint density at radius 1 is 1.15 bits per heavy atom. The lowest BCUT2D eigenvalue weighted by Gasteiger charge is -2.11. The van der Waals surface area contributed by atoms with Crippen LogP contribution in [0.5, 0.6) is 0 Å². The molecule has 0 bridgehead atoms. The van der Waals surface area contributed by atoms with Gasteiger partial charge in [0, 0.05) is 41.7 Å². The van der Waals surface area contributed by atoms with Crippen LogP contribution in [0.1, 0.15) is 28.5 Å². The lowest BCUT2D eigenvalue weighted by Crippen LogP contribution is -2.31. The number of nitrogens with one attached hydrogen (secondary N) is 2. The Bertz CT molecular complexity index is 1220. The van der Waals surface area contributed by atoms with Gasteiger partial charge in [0.05, 0.1) is 17.0 Å². The summed E-state index contributed by atoms with van der Waals surface area (Å²) in [7, 11) is 1.54. The van der Waals surface area contributed by atoms with E-state index in [1.54, 1.807) is 6.20 Å². The van der Waals surface area contributed by atoms with Crippen LogP contribution in [0, 0.1) is 0 Å². The fraction of sp³-hybridized carbons (Fsp3) is 0.217. The molecule has 8 nitrogen and oxygen atoms in total. The molecule has 1 aliphatic heterocycles. The largest absolute Gasteiger partial charge is 0.490 e. The van der Waals surface area contributed by atoms with Crippen molar-refractivity contribution >= 4 is 17.6 Å². The summed E-state index contributed by atoms with van der Waals surface area (Å²) < 4.78 is 31.7. The molecule has 1 aliphatic rings. The van der Waals surface area contributed by atoms with Crippen molar-refractivity contribution in [2.24, 2.45) is 5.16 Å². The second-order valence-corrected chi connectivity index (χ2v) is 7.25. The number of fused-ring (bicyclic) bond motifs is 1. The van der Waals surface area contributed by atoms with Gasteiger partial charge in [0.25, 0.3) is 5.91 Å². The van der Waals surface area contributed by atoms with Gasteiger partial charge in [0.2, 0.25) is 0 Å². The second kappa shape index (κ2) is 10.2. The van der Waals surface area contributed by atoms with E-state index < -0.39 is 12.1 Å². The number of alkyl halides is 3. The highest BCUT2D eigenvalue weighted by atomic mass is 19.4. The van der Waals surface area contributed by atoms with Crippen LogP contribution in [0.4, 0.5) is 13.2 Å². The second-order valence-electron chi connectivity index (χ2n) is 7.25. The average Bonchev–Trinajstić information content (AvgIpc) is 3.25. The van der Waals surface area contributed by atoms with E-state index in [1.807, 2.05) is 49.4 Å². The van der Waals surface area contributed by atoms with E-state index >= 15 is 0 Å². The molecular weight excluding hydrogens is 453 g/mol. The molecule has 0 atom stereocenters. The summed E-state index contributed by atoms with van der Waals surface area (Å²) in [5.74, 6) is -2.77. The summed E-state index contributed by atoms with van der Waals surface area (Å²) in [6.45, 7) is 2.58. The van der Waals surface area contributed by atoms with Crippen LogP contribution in [0.25, 0.3) is 22.5 Å². The highest BCUT2D eigenvalue weighted by Crippen LogP contribution is 2.27. The van der Waals surface area contributed by atoms with Gasteiger partial charge in [-0.3, -0.25) is 9.78 Å². The molecule has 3 heterocycles. The van der Waals surface area contributed by atoms with Crippen LogP contribution in [0.15, 0.2) is 53.8 Å². The summed E-state index contributed by atoms with van der Waals surface area (Å²) in [6.07, 6.45) is -2.47. The van der Waals surface area contributed by atoms with Crippen LogP contribution >= 0.6 is 0 Å². The third-order valence-corrected chi connectivity index (χ3v) is 4.94. The van der Waals surface area contributed by atoms with Gasteiger partial charge in [0.1, 0.15) is 7.11 Å². The first-order valence-corrected chi connectivity index (χ1v) is 10.1. The van der Waals surface area contributed by atoms with Crippen molar-refractivity contribution in [3.8, 4) is 22.5 Å². The number of carbonyl (C=O) groups is 2. The Labute approximate surface area is 192 Å². The maximum atomic E-state index is 12.0. The van der Waals surface area contributed by atoms with Gasteiger partial charge in [-0.25, -0.2) is 4.79 Å². The molecule has 0 fully saturated rings. The number of carboxylic acid groups (broad SMARTS) is 1. The maximum absolute atomic E-state index is 12.0. The number of carbonyl (C=O) groups excluding carboxylic acids is 1. The number of amides is 1. The number of rotatable bonds is 4. The highest BCUT2D eigenvalue weighted by molar-refractivity contribution is 5.99. The molecule has 3 N–H and O–H groups in total. The third kappa shape index (κ3) is 5.80. The zero-order valence-corrected chi connectivity index (χ0v) is 18.2. The highest BCUT2D eigenvalue weighted by Gasteiger charge is 2.38. The molecule has 0 unspecified atom stereocenters. The fourth-order valence-electron chi connectivity index (χ4n) is 3.28. The Morgan fingerprint density at radius 3 is 2.41 bits per heavy atom. The standard InChI is InChI=1S/C21H20N4O2.C2HF3O2/c1-13(25-27-2)14-3-5-15(6-4-14)19-11-16(7-9-22-19)20-12-17-18(24-20)8-10-23-21(17)26;3-2(4,5)1(6)7/h3-7,9,11-12,24H,8,10H2,1-2H3,(H,23,26);(H,6,7)/b25-13+;. The molecule has 3 aromatic rings. The summed E-state index contributed by atoms with van der Waals surface area (Å²) in [5.41, 5.74) is 7.36. The predicted molar refractivity (Wildman–Crippen MR) is 118 cm³/mol. The minimum absolute atomic E-state index is 0.0169. The quantitative estimate of drug-likeness (QED) is 0.390. The summed E-state index contributed by atoms with van der Waals surface area (Å²) >= 11 is 0. The van der Waals surface area contributed by atoms with Crippen molar-refractivity contribution in [3.63, 3.8) is 0 Å². The van der Waals surface area contributed by atoms with Crippen LogP contribution in [0.2, 0.25) is 0 Å². The van der Waals surface area contributed by atoms with Crippen LogP contribution in [0.3, 0.4) is 0 Å². The van der Waals surface area contributed by atoms with Crippen molar-refractivity contribution in [3.05, 3.63) is 65.5 Å². The van der Waals surface area contributed by atoms with E-state index in [1.165, 1.54) is 7.11 Å². The van der Waals surface area contributed by atoms with E-state index in [2.05, 4.69) is 20.4 Å². The first-order chi connectivity index (χ1) is 16.1. The molecule has 1 amide bonds. The van der Waals surface area contributed by atoms with Crippen LogP contribution in [-0.4, -0.2) is 52.5 Å². The Kier molecular flexibility index (Phi) is 7.34. The SMILES string of the molecule is CO/N=C(\C)c1ccc(-c2cc(-c3cc4c([nH]3)CCNC4=O)ccn2)cc1.O=C(O)C(F)(F)F. The zero-order valence-electron chi connectivity index (χ0n) is 18.2. The molecule has 4 rings (SSSR count). The van der Waals surface area contributed by atoms with Crippen LogP contribution in [-0.2, 0) is 16.1 Å². The van der Waals surface area contributed by atoms with Gasteiger partial charge in [-0.2, -0.15) is 13.2 Å². The topological polar surface area (TPSA) is 117 Å². The number of pyridine rings is 1. The molecule has 0 saturated heterocycles. The number of H-pyrrole nitrogens is 1. The van der Waals surface area contributed by atoms with Gasteiger partial charge in [-0.15, -0.1) is 0 Å². The Hall–Kier alpha value is -4.15. The Balaban J connectivity index is 0.000000406. The average molecular weight is 474 g/mol. The number of aromatic amines is 1. The molecule has 1 aromatic carbocycles. The Morgan fingerprint density at radius 2 is 1.82 bits per heavy atom. The number of benzene rings is 1. The molecule has 34 heavy (non-hydrogen) atoms. The van der Waals surface area contributed by atoms with Gasteiger partial charge in [-0.1, -0.05) is 29.4 Å². The van der Waals surface area contributed by atoms with Crippen molar-refractivity contribution in [1.29, 1.82) is 0 Å². The van der Waals surface area contributed by atoms with Gasteiger partial charge < -0.3 is 20.2 Å².